The summed E-state index contributed by atoms with van der Waals surface area (Å²) < 4.78 is 1.81. The Labute approximate surface area is 129 Å². The Hall–Kier alpha value is -2.88. The van der Waals surface area contributed by atoms with Crippen molar-refractivity contribution in [2.24, 2.45) is 0 Å². The summed E-state index contributed by atoms with van der Waals surface area (Å²) >= 11 is 0. The van der Waals surface area contributed by atoms with Crippen molar-refractivity contribution in [2.45, 2.75) is 6.92 Å². The van der Waals surface area contributed by atoms with Gasteiger partial charge in [-0.25, -0.2) is 4.68 Å². The highest BCUT2D eigenvalue weighted by atomic mass is 16.1. The molecule has 110 valence electrons. The molecule has 3 rings (SSSR count). The molecule has 0 unspecified atom stereocenters. The van der Waals surface area contributed by atoms with Crippen molar-refractivity contribution in [3.8, 4) is 16.8 Å². The van der Waals surface area contributed by atoms with E-state index in [4.69, 9.17) is 0 Å². The lowest BCUT2D eigenvalue weighted by atomic mass is 9.99. The topological polar surface area (TPSA) is 46.9 Å². The van der Waals surface area contributed by atoms with E-state index in [1.165, 1.54) is 0 Å². The summed E-state index contributed by atoms with van der Waals surface area (Å²) in [5.41, 5.74) is 3.62. The zero-order valence-corrected chi connectivity index (χ0v) is 12.4. The molecule has 0 aliphatic rings. The predicted octanol–water partition coefficient (Wildman–Crippen LogP) is 3.29. The first-order valence-corrected chi connectivity index (χ1v) is 7.27. The largest absolute Gasteiger partial charge is 0.352 e. The maximum Gasteiger partial charge on any atom is 0.251 e. The lowest BCUT2D eigenvalue weighted by molar-refractivity contribution is 0.0956. The summed E-state index contributed by atoms with van der Waals surface area (Å²) in [6.07, 6.45) is 3.65. The van der Waals surface area contributed by atoms with Crippen LogP contribution in [0.5, 0.6) is 0 Å². The van der Waals surface area contributed by atoms with Gasteiger partial charge in [-0.3, -0.25) is 4.79 Å². The van der Waals surface area contributed by atoms with Crippen molar-refractivity contribution in [1.82, 2.24) is 15.1 Å². The van der Waals surface area contributed by atoms with Crippen LogP contribution in [0, 0.1) is 0 Å². The Kier molecular flexibility index (Phi) is 4.01. The third kappa shape index (κ3) is 2.76. The maximum atomic E-state index is 12.2. The van der Waals surface area contributed by atoms with Crippen LogP contribution in [0.2, 0.25) is 0 Å². The number of amides is 1. The number of hydrogen-bond donors (Lipinski definition) is 1. The van der Waals surface area contributed by atoms with Gasteiger partial charge < -0.3 is 5.32 Å². The molecule has 4 heteroatoms. The van der Waals surface area contributed by atoms with Gasteiger partial charge in [-0.1, -0.05) is 30.3 Å². The Balaban J connectivity index is 1.96. The first-order valence-electron chi connectivity index (χ1n) is 7.27. The number of nitrogens with zero attached hydrogens (tertiary/aromatic N) is 2. The summed E-state index contributed by atoms with van der Waals surface area (Å²) in [7, 11) is 0. The second kappa shape index (κ2) is 6.26. The van der Waals surface area contributed by atoms with Crippen LogP contribution in [0.15, 0.2) is 67.0 Å². The standard InChI is InChI=1S/C18H17N3O/c1-2-19-18(22)17-7-4-3-6-16(17)14-8-10-15(11-9-14)21-13-5-12-20-21/h3-13H,2H2,1H3,(H,19,22). The highest BCUT2D eigenvalue weighted by Crippen LogP contribution is 2.24. The van der Waals surface area contributed by atoms with E-state index < -0.39 is 0 Å². The van der Waals surface area contributed by atoms with Crippen molar-refractivity contribution < 1.29 is 4.79 Å². The highest BCUT2D eigenvalue weighted by Gasteiger charge is 2.11. The second-order valence-electron chi connectivity index (χ2n) is 4.90. The van der Waals surface area contributed by atoms with Gasteiger partial charge in [-0.15, -0.1) is 0 Å². The average molecular weight is 291 g/mol. The van der Waals surface area contributed by atoms with Gasteiger partial charge in [0.25, 0.3) is 5.91 Å². The van der Waals surface area contributed by atoms with Crippen molar-refractivity contribution in [2.75, 3.05) is 6.54 Å². The van der Waals surface area contributed by atoms with Gasteiger partial charge in [0, 0.05) is 24.5 Å². The van der Waals surface area contributed by atoms with Crippen LogP contribution in [0.4, 0.5) is 0 Å². The minimum absolute atomic E-state index is 0.0470. The Bertz CT molecular complexity index is 761. The summed E-state index contributed by atoms with van der Waals surface area (Å²) in [6, 6.07) is 17.5. The zero-order chi connectivity index (χ0) is 15.4. The number of benzene rings is 2. The molecule has 3 aromatic rings. The normalized spacial score (nSPS) is 10.4. The molecule has 0 fully saturated rings. The molecule has 2 aromatic carbocycles. The number of carbonyl (C=O) groups is 1. The van der Waals surface area contributed by atoms with Gasteiger partial charge in [-0.05, 0) is 42.3 Å². The average Bonchev–Trinajstić information content (AvgIpc) is 3.10. The molecule has 1 aromatic heterocycles. The zero-order valence-electron chi connectivity index (χ0n) is 12.4. The van der Waals surface area contributed by atoms with E-state index in [2.05, 4.69) is 10.4 Å². The van der Waals surface area contributed by atoms with Gasteiger partial charge in [0.1, 0.15) is 0 Å². The molecule has 4 nitrogen and oxygen atoms in total. The van der Waals surface area contributed by atoms with Gasteiger partial charge in [0.05, 0.1) is 5.69 Å². The molecule has 0 radical (unpaired) electrons. The third-order valence-corrected chi connectivity index (χ3v) is 3.46. The van der Waals surface area contributed by atoms with Crippen molar-refractivity contribution in [1.29, 1.82) is 0 Å². The van der Waals surface area contributed by atoms with Gasteiger partial charge >= 0.3 is 0 Å². The molecule has 22 heavy (non-hydrogen) atoms. The molecule has 0 bridgehead atoms. The molecule has 0 aliphatic carbocycles. The van der Waals surface area contributed by atoms with E-state index >= 15 is 0 Å². The minimum atomic E-state index is -0.0470. The number of hydrogen-bond acceptors (Lipinski definition) is 2. The summed E-state index contributed by atoms with van der Waals surface area (Å²) in [5.74, 6) is -0.0470. The number of nitrogens with one attached hydrogen (secondary N) is 1. The van der Waals surface area contributed by atoms with Crippen LogP contribution >= 0.6 is 0 Å². The summed E-state index contributed by atoms with van der Waals surface area (Å²) in [4.78, 5) is 12.2. The molecule has 1 amide bonds. The Morgan fingerprint density at radius 3 is 2.55 bits per heavy atom. The van der Waals surface area contributed by atoms with Crippen LogP contribution in [0.3, 0.4) is 0 Å². The lowest BCUT2D eigenvalue weighted by Gasteiger charge is -2.10. The van der Waals surface area contributed by atoms with Gasteiger partial charge in [-0.2, -0.15) is 5.10 Å². The molecule has 1 heterocycles. The SMILES string of the molecule is CCNC(=O)c1ccccc1-c1ccc(-n2cccn2)cc1. The Morgan fingerprint density at radius 1 is 1.09 bits per heavy atom. The van der Waals surface area contributed by atoms with Crippen molar-refractivity contribution in [3.63, 3.8) is 0 Å². The second-order valence-corrected chi connectivity index (χ2v) is 4.90. The molecular formula is C18H17N3O. The number of rotatable bonds is 4. The maximum absolute atomic E-state index is 12.2. The molecule has 0 aliphatic heterocycles. The monoisotopic (exact) mass is 291 g/mol. The van der Waals surface area contributed by atoms with Crippen LogP contribution in [-0.2, 0) is 0 Å². The van der Waals surface area contributed by atoms with E-state index in [-0.39, 0.29) is 5.91 Å². The molecule has 0 saturated carbocycles. The highest BCUT2D eigenvalue weighted by molar-refractivity contribution is 6.00. The fraction of sp³-hybridized carbons (Fsp3) is 0.111. The summed E-state index contributed by atoms with van der Waals surface area (Å²) in [6.45, 7) is 2.53. The minimum Gasteiger partial charge on any atom is -0.352 e. The van der Waals surface area contributed by atoms with Gasteiger partial charge in [0.15, 0.2) is 0 Å². The number of carbonyl (C=O) groups excluding carboxylic acids is 1. The van der Waals surface area contributed by atoms with Crippen LogP contribution in [-0.4, -0.2) is 22.2 Å². The smallest absolute Gasteiger partial charge is 0.251 e. The van der Waals surface area contributed by atoms with Crippen LogP contribution in [0.25, 0.3) is 16.8 Å². The van der Waals surface area contributed by atoms with Crippen LogP contribution in [0.1, 0.15) is 17.3 Å². The first-order chi connectivity index (χ1) is 10.8. The van der Waals surface area contributed by atoms with Gasteiger partial charge in [0.2, 0.25) is 0 Å². The third-order valence-electron chi connectivity index (χ3n) is 3.46. The van der Waals surface area contributed by atoms with Crippen LogP contribution < -0.4 is 5.32 Å². The van der Waals surface area contributed by atoms with E-state index in [1.807, 2.05) is 67.7 Å². The molecule has 1 N–H and O–H groups in total. The van der Waals surface area contributed by atoms with Crippen molar-refractivity contribution in [3.05, 3.63) is 72.6 Å². The molecular weight excluding hydrogens is 274 g/mol. The van der Waals surface area contributed by atoms with E-state index in [9.17, 15) is 4.79 Å². The summed E-state index contributed by atoms with van der Waals surface area (Å²) in [5, 5.41) is 7.06. The molecule has 0 atom stereocenters. The lowest BCUT2D eigenvalue weighted by Crippen LogP contribution is -2.23. The first kappa shape index (κ1) is 14.1. The number of aromatic nitrogens is 2. The Morgan fingerprint density at radius 2 is 1.86 bits per heavy atom. The molecule has 0 spiro atoms. The predicted molar refractivity (Wildman–Crippen MR) is 87.0 cm³/mol. The van der Waals surface area contributed by atoms with E-state index in [0.717, 1.165) is 16.8 Å². The fourth-order valence-electron chi connectivity index (χ4n) is 2.40. The van der Waals surface area contributed by atoms with E-state index in [0.29, 0.717) is 12.1 Å². The van der Waals surface area contributed by atoms with Crippen molar-refractivity contribution >= 4 is 5.91 Å². The fourth-order valence-corrected chi connectivity index (χ4v) is 2.40. The molecule has 0 saturated heterocycles. The quantitative estimate of drug-likeness (QED) is 0.802. The van der Waals surface area contributed by atoms with E-state index in [1.54, 1.807) is 10.9 Å².